The van der Waals surface area contributed by atoms with Crippen molar-refractivity contribution in [3.8, 4) is 57.8 Å². The average molecular weight is 701 g/mol. The predicted octanol–water partition coefficient (Wildman–Crippen LogP) is 11.6. The van der Waals surface area contributed by atoms with E-state index in [1.807, 2.05) is 109 Å². The standard InChI is InChI=1S/C48H32N2O4/c51-49-39-13-7-15-41(31-39)53-45-27-23-37-29-35(19-17-33-9-3-1-4-10-33)21-25-43(37)47(45)48-44-26-22-36(20-18-34-11-5-2-6-12-34)30-38(44)24-28-46(48)54-42-16-8-14-40(32-42)50-52/h1-16,21-32,49-52H. The highest BCUT2D eigenvalue weighted by atomic mass is 16.5. The molecule has 6 nitrogen and oxygen atoms in total. The van der Waals surface area contributed by atoms with Crippen molar-refractivity contribution >= 4 is 32.9 Å². The van der Waals surface area contributed by atoms with E-state index in [1.165, 1.54) is 0 Å². The maximum Gasteiger partial charge on any atom is 0.136 e. The number of anilines is 2. The van der Waals surface area contributed by atoms with Crippen LogP contribution in [0.15, 0.2) is 170 Å². The third-order valence-electron chi connectivity index (χ3n) is 8.84. The van der Waals surface area contributed by atoms with Crippen LogP contribution in [0.2, 0.25) is 0 Å². The molecule has 258 valence electrons. The first-order valence-corrected chi connectivity index (χ1v) is 17.3. The summed E-state index contributed by atoms with van der Waals surface area (Å²) in [6.45, 7) is 0. The first kappa shape index (κ1) is 33.7. The first-order chi connectivity index (χ1) is 26.6. The number of rotatable bonds is 7. The fourth-order valence-electron chi connectivity index (χ4n) is 6.30. The first-order valence-electron chi connectivity index (χ1n) is 17.3. The monoisotopic (exact) mass is 700 g/mol. The minimum atomic E-state index is 0.493. The second kappa shape index (κ2) is 15.4. The van der Waals surface area contributed by atoms with Crippen molar-refractivity contribution in [2.45, 2.75) is 0 Å². The Morgan fingerprint density at radius 1 is 0.370 bits per heavy atom. The number of nitrogens with one attached hydrogen (secondary N) is 2. The zero-order chi connectivity index (χ0) is 36.7. The second-order valence-corrected chi connectivity index (χ2v) is 12.5. The lowest BCUT2D eigenvalue weighted by molar-refractivity contribution is 0.388. The molecule has 0 saturated heterocycles. The Balaban J connectivity index is 1.35. The van der Waals surface area contributed by atoms with Crippen molar-refractivity contribution in [2.24, 2.45) is 0 Å². The van der Waals surface area contributed by atoms with Crippen LogP contribution in [-0.4, -0.2) is 10.4 Å². The van der Waals surface area contributed by atoms with E-state index in [2.05, 4.69) is 58.9 Å². The summed E-state index contributed by atoms with van der Waals surface area (Å²) < 4.78 is 13.3. The van der Waals surface area contributed by atoms with Crippen LogP contribution >= 0.6 is 0 Å². The normalized spacial score (nSPS) is 10.5. The van der Waals surface area contributed by atoms with Crippen molar-refractivity contribution in [1.82, 2.24) is 0 Å². The Morgan fingerprint density at radius 2 is 0.796 bits per heavy atom. The van der Waals surface area contributed by atoms with E-state index in [9.17, 15) is 10.4 Å². The largest absolute Gasteiger partial charge is 0.457 e. The molecule has 6 heteroatoms. The Morgan fingerprint density at radius 3 is 1.22 bits per heavy atom. The summed E-state index contributed by atoms with van der Waals surface area (Å²) in [4.78, 5) is 0. The third-order valence-corrected chi connectivity index (χ3v) is 8.84. The van der Waals surface area contributed by atoms with Crippen molar-refractivity contribution in [3.05, 3.63) is 192 Å². The smallest absolute Gasteiger partial charge is 0.136 e. The van der Waals surface area contributed by atoms with Crippen LogP contribution in [0.4, 0.5) is 11.4 Å². The topological polar surface area (TPSA) is 83.0 Å². The van der Waals surface area contributed by atoms with Crippen LogP contribution in [-0.2, 0) is 0 Å². The molecule has 0 heterocycles. The van der Waals surface area contributed by atoms with Crippen LogP contribution in [0.25, 0.3) is 32.7 Å². The zero-order valence-corrected chi connectivity index (χ0v) is 28.9. The quantitative estimate of drug-likeness (QED) is 0.0979. The highest BCUT2D eigenvalue weighted by Gasteiger charge is 2.21. The van der Waals surface area contributed by atoms with Gasteiger partial charge in [0.2, 0.25) is 0 Å². The zero-order valence-electron chi connectivity index (χ0n) is 28.9. The van der Waals surface area contributed by atoms with Crippen LogP contribution in [0.5, 0.6) is 23.0 Å². The molecular weight excluding hydrogens is 669 g/mol. The molecule has 4 N–H and O–H groups in total. The summed E-state index contributed by atoms with van der Waals surface area (Å²) >= 11 is 0. The molecule has 0 aliphatic heterocycles. The third kappa shape index (κ3) is 7.43. The van der Waals surface area contributed by atoms with Gasteiger partial charge < -0.3 is 9.47 Å². The predicted molar refractivity (Wildman–Crippen MR) is 216 cm³/mol. The summed E-state index contributed by atoms with van der Waals surface area (Å²) in [6, 6.07) is 54.3. The lowest BCUT2D eigenvalue weighted by Gasteiger charge is -2.20. The number of hydrogen-bond donors (Lipinski definition) is 4. The van der Waals surface area contributed by atoms with Gasteiger partial charge in [-0.05, 0) is 106 Å². The number of ether oxygens (including phenoxy) is 2. The molecule has 0 amide bonds. The van der Waals surface area contributed by atoms with Crippen LogP contribution in [0.1, 0.15) is 22.3 Å². The van der Waals surface area contributed by atoms with Gasteiger partial charge in [0.1, 0.15) is 23.0 Å². The van der Waals surface area contributed by atoms with Gasteiger partial charge in [-0.3, -0.25) is 21.4 Å². The van der Waals surface area contributed by atoms with Crippen molar-refractivity contribution in [1.29, 1.82) is 0 Å². The molecule has 0 radical (unpaired) electrons. The SMILES string of the molecule is ONc1cccc(Oc2ccc3cc(C#Cc4ccccc4)ccc3c2-c2c(Oc3cccc(NO)c3)ccc3cc(C#Cc4ccccc4)ccc23)c1. The van der Waals surface area contributed by atoms with Crippen molar-refractivity contribution in [2.75, 3.05) is 11.0 Å². The average Bonchev–Trinajstić information content (AvgIpc) is 3.23. The second-order valence-electron chi connectivity index (χ2n) is 12.5. The van der Waals surface area contributed by atoms with E-state index >= 15 is 0 Å². The Bertz CT molecular complexity index is 2570. The molecule has 0 aliphatic rings. The molecule has 0 fully saturated rings. The molecule has 0 saturated carbocycles. The van der Waals surface area contributed by atoms with E-state index in [0.717, 1.165) is 54.9 Å². The fourth-order valence-corrected chi connectivity index (χ4v) is 6.30. The summed E-state index contributed by atoms with van der Waals surface area (Å²) in [5.41, 5.74) is 10.6. The number of hydrogen-bond acceptors (Lipinski definition) is 6. The van der Waals surface area contributed by atoms with Gasteiger partial charge in [0.15, 0.2) is 0 Å². The molecule has 8 aromatic carbocycles. The van der Waals surface area contributed by atoms with E-state index in [-0.39, 0.29) is 0 Å². The minimum Gasteiger partial charge on any atom is -0.457 e. The maximum absolute atomic E-state index is 9.64. The lowest BCUT2D eigenvalue weighted by Crippen LogP contribution is -1.96. The highest BCUT2D eigenvalue weighted by Crippen LogP contribution is 2.48. The maximum atomic E-state index is 9.64. The van der Waals surface area contributed by atoms with Gasteiger partial charge in [-0.2, -0.15) is 0 Å². The van der Waals surface area contributed by atoms with Gasteiger partial charge in [0.25, 0.3) is 0 Å². The van der Waals surface area contributed by atoms with Gasteiger partial charge in [0, 0.05) is 45.5 Å². The van der Waals surface area contributed by atoms with E-state index in [4.69, 9.17) is 9.47 Å². The molecule has 0 bridgehead atoms. The van der Waals surface area contributed by atoms with Gasteiger partial charge in [-0.15, -0.1) is 0 Å². The van der Waals surface area contributed by atoms with Gasteiger partial charge >= 0.3 is 0 Å². The van der Waals surface area contributed by atoms with E-state index in [1.54, 1.807) is 36.4 Å². The van der Waals surface area contributed by atoms with Crippen LogP contribution in [0, 0.1) is 23.7 Å². The lowest BCUT2D eigenvalue weighted by atomic mass is 9.91. The number of benzene rings is 8. The molecule has 8 rings (SSSR count). The summed E-state index contributed by atoms with van der Waals surface area (Å²) in [5, 5.41) is 23.0. The summed E-state index contributed by atoms with van der Waals surface area (Å²) in [7, 11) is 0. The summed E-state index contributed by atoms with van der Waals surface area (Å²) in [5.74, 6) is 15.4. The van der Waals surface area contributed by atoms with Gasteiger partial charge in [-0.25, -0.2) is 0 Å². The van der Waals surface area contributed by atoms with E-state index < -0.39 is 0 Å². The van der Waals surface area contributed by atoms with Gasteiger partial charge in [-0.1, -0.05) is 96.5 Å². The molecule has 54 heavy (non-hydrogen) atoms. The van der Waals surface area contributed by atoms with Crippen LogP contribution in [0.3, 0.4) is 0 Å². The van der Waals surface area contributed by atoms with Crippen LogP contribution < -0.4 is 20.4 Å². The molecule has 0 atom stereocenters. The molecule has 0 unspecified atom stereocenters. The molecule has 8 aromatic rings. The molecular formula is C48H32N2O4. The Kier molecular flexibility index (Phi) is 9.60. The molecule has 0 aliphatic carbocycles. The van der Waals surface area contributed by atoms with E-state index in [0.29, 0.717) is 34.4 Å². The highest BCUT2D eigenvalue weighted by molar-refractivity contribution is 6.10. The fraction of sp³-hybridized carbons (Fsp3) is 0. The van der Waals surface area contributed by atoms with Gasteiger partial charge in [0.05, 0.1) is 11.4 Å². The Labute approximate surface area is 312 Å². The van der Waals surface area contributed by atoms with Crippen molar-refractivity contribution < 1.29 is 19.9 Å². The minimum absolute atomic E-state index is 0.493. The summed E-state index contributed by atoms with van der Waals surface area (Å²) in [6.07, 6.45) is 0. The number of fused-ring (bicyclic) bond motifs is 2. The molecule has 0 spiro atoms. The molecule has 0 aromatic heterocycles. The van der Waals surface area contributed by atoms with Crippen molar-refractivity contribution in [3.63, 3.8) is 0 Å². The Hall–Kier alpha value is -7.48.